The van der Waals surface area contributed by atoms with Gasteiger partial charge >= 0.3 is 0 Å². The lowest BCUT2D eigenvalue weighted by Gasteiger charge is -1.90. The lowest BCUT2D eigenvalue weighted by Crippen LogP contribution is -2.09. The summed E-state index contributed by atoms with van der Waals surface area (Å²) in [6, 6.07) is 0. The van der Waals surface area contributed by atoms with Crippen LogP contribution >= 0.6 is 0 Å². The summed E-state index contributed by atoms with van der Waals surface area (Å²) in [5.74, 6) is 0. The normalized spacial score (nSPS) is 7.75. The van der Waals surface area contributed by atoms with E-state index in [1.807, 2.05) is 13.8 Å². The lowest BCUT2D eigenvalue weighted by molar-refractivity contribution is -0.107. The monoisotopic (exact) mass is 114 g/mol. The maximum absolute atomic E-state index is 9.65. The molecule has 0 aliphatic carbocycles. The average Bonchev–Trinajstić information content (AvgIpc) is 1.66. The minimum Gasteiger partial charge on any atom is -0.303 e. The van der Waals surface area contributed by atoms with Crippen LogP contribution in [0.4, 0.5) is 0 Å². The fourth-order valence-electron chi connectivity index (χ4n) is 0.241. The van der Waals surface area contributed by atoms with Crippen LogP contribution in [0.5, 0.6) is 0 Å². The molecule has 0 spiro atoms. The average molecular weight is 114 g/mol. The quantitative estimate of drug-likeness (QED) is 0.246. The van der Waals surface area contributed by atoms with Crippen molar-refractivity contribution < 1.29 is 4.79 Å². The summed E-state index contributed by atoms with van der Waals surface area (Å²) in [4.78, 5) is 9.65. The molecule has 0 heterocycles. The van der Waals surface area contributed by atoms with Gasteiger partial charge in [0, 0.05) is 5.71 Å². The van der Waals surface area contributed by atoms with Crippen LogP contribution in [0.1, 0.15) is 13.8 Å². The second-order valence-corrected chi connectivity index (χ2v) is 1.59. The summed E-state index contributed by atoms with van der Waals surface area (Å²) in [6.45, 7) is 4.01. The Morgan fingerprint density at radius 1 is 1.75 bits per heavy atom. The predicted octanol–water partition coefficient (Wildman–Crippen LogP) is 0.171. The highest BCUT2D eigenvalue weighted by molar-refractivity contribution is 5.78. The number of hydrogen-bond donors (Lipinski definition) is 1. The number of rotatable bonds is 3. The zero-order chi connectivity index (χ0) is 6.41. The highest BCUT2D eigenvalue weighted by atomic mass is 16.1. The van der Waals surface area contributed by atoms with E-state index in [4.69, 9.17) is 0 Å². The van der Waals surface area contributed by atoms with Crippen molar-refractivity contribution >= 4 is 12.0 Å². The van der Waals surface area contributed by atoms with E-state index in [2.05, 4.69) is 10.5 Å². The third kappa shape index (κ3) is 5.14. The van der Waals surface area contributed by atoms with Gasteiger partial charge < -0.3 is 10.2 Å². The van der Waals surface area contributed by atoms with Gasteiger partial charge in [0.25, 0.3) is 0 Å². The summed E-state index contributed by atoms with van der Waals surface area (Å²) in [7, 11) is 0. The minimum atomic E-state index is 0.297. The van der Waals surface area contributed by atoms with Crippen LogP contribution in [0, 0.1) is 0 Å². The summed E-state index contributed by atoms with van der Waals surface area (Å²) in [5.41, 5.74) is 3.48. The van der Waals surface area contributed by atoms with Crippen molar-refractivity contribution in [3.63, 3.8) is 0 Å². The van der Waals surface area contributed by atoms with Crippen LogP contribution in [0.2, 0.25) is 0 Å². The standard InChI is InChI=1S/C5H10N2O/c1-5(2)7-6-3-4-8/h4,6H,3H2,1-2H3. The largest absolute Gasteiger partial charge is 0.303 e. The zero-order valence-electron chi connectivity index (χ0n) is 5.14. The van der Waals surface area contributed by atoms with Gasteiger partial charge in [-0.05, 0) is 13.8 Å². The molecule has 0 aromatic heterocycles. The molecule has 3 heteroatoms. The molecule has 0 rings (SSSR count). The molecule has 0 fully saturated rings. The Balaban J connectivity index is 3.15. The molecular formula is C5H10N2O. The van der Waals surface area contributed by atoms with Crippen molar-refractivity contribution in [2.75, 3.05) is 6.54 Å². The summed E-state index contributed by atoms with van der Waals surface area (Å²) in [6.07, 6.45) is 0.770. The van der Waals surface area contributed by atoms with E-state index >= 15 is 0 Å². The number of aldehydes is 1. The predicted molar refractivity (Wildman–Crippen MR) is 32.8 cm³/mol. The molecule has 1 N–H and O–H groups in total. The van der Waals surface area contributed by atoms with Gasteiger partial charge in [-0.3, -0.25) is 0 Å². The van der Waals surface area contributed by atoms with E-state index in [1.165, 1.54) is 0 Å². The molecule has 0 aromatic carbocycles. The minimum absolute atomic E-state index is 0.297. The molecule has 3 nitrogen and oxygen atoms in total. The molecule has 0 bridgehead atoms. The van der Waals surface area contributed by atoms with Gasteiger partial charge in [-0.15, -0.1) is 0 Å². The number of hydrazone groups is 1. The van der Waals surface area contributed by atoms with Gasteiger partial charge in [0.15, 0.2) is 0 Å². The van der Waals surface area contributed by atoms with Crippen LogP contribution < -0.4 is 5.43 Å². The van der Waals surface area contributed by atoms with Crippen LogP contribution in [0.15, 0.2) is 5.10 Å². The topological polar surface area (TPSA) is 41.5 Å². The van der Waals surface area contributed by atoms with E-state index in [9.17, 15) is 4.79 Å². The van der Waals surface area contributed by atoms with Crippen LogP contribution in [-0.4, -0.2) is 18.5 Å². The molecule has 0 atom stereocenters. The Morgan fingerprint density at radius 3 is 2.75 bits per heavy atom. The van der Waals surface area contributed by atoms with Gasteiger partial charge in [0.1, 0.15) is 6.29 Å². The van der Waals surface area contributed by atoms with Crippen LogP contribution in [-0.2, 0) is 4.79 Å². The second kappa shape index (κ2) is 4.30. The maximum atomic E-state index is 9.65. The third-order valence-corrected chi connectivity index (χ3v) is 0.477. The van der Waals surface area contributed by atoms with E-state index in [1.54, 1.807) is 0 Å². The first-order valence-corrected chi connectivity index (χ1v) is 2.44. The highest BCUT2D eigenvalue weighted by Gasteiger charge is 1.74. The molecule has 0 aliphatic heterocycles. The Bertz CT molecular complexity index is 94.6. The van der Waals surface area contributed by atoms with Gasteiger partial charge in [-0.2, -0.15) is 5.10 Å². The smallest absolute Gasteiger partial charge is 0.140 e. The van der Waals surface area contributed by atoms with Gasteiger partial charge in [0.05, 0.1) is 6.54 Å². The molecule has 0 amide bonds. The zero-order valence-corrected chi connectivity index (χ0v) is 5.14. The molecule has 46 valence electrons. The first-order valence-electron chi connectivity index (χ1n) is 2.44. The Hall–Kier alpha value is -0.860. The van der Waals surface area contributed by atoms with E-state index < -0.39 is 0 Å². The molecule has 0 unspecified atom stereocenters. The number of carbonyl (C=O) groups excluding carboxylic acids is 1. The van der Waals surface area contributed by atoms with Crippen molar-refractivity contribution in [3.8, 4) is 0 Å². The van der Waals surface area contributed by atoms with E-state index in [0.717, 1.165) is 12.0 Å². The fraction of sp³-hybridized carbons (Fsp3) is 0.600. The number of hydrogen-bond acceptors (Lipinski definition) is 3. The summed E-state index contributed by atoms with van der Waals surface area (Å²) < 4.78 is 0. The maximum Gasteiger partial charge on any atom is 0.140 e. The Labute approximate surface area is 48.8 Å². The number of carbonyl (C=O) groups is 1. The van der Waals surface area contributed by atoms with Crippen LogP contribution in [0.3, 0.4) is 0 Å². The molecule has 0 radical (unpaired) electrons. The van der Waals surface area contributed by atoms with Crippen molar-refractivity contribution in [2.24, 2.45) is 5.10 Å². The van der Waals surface area contributed by atoms with Crippen molar-refractivity contribution in [1.82, 2.24) is 5.43 Å². The Kier molecular flexibility index (Phi) is 3.84. The molecule has 0 aromatic rings. The van der Waals surface area contributed by atoms with Gasteiger partial charge in [0.2, 0.25) is 0 Å². The number of nitrogens with zero attached hydrogens (tertiary/aromatic N) is 1. The molecule has 8 heavy (non-hydrogen) atoms. The number of nitrogens with one attached hydrogen (secondary N) is 1. The summed E-state index contributed by atoms with van der Waals surface area (Å²) >= 11 is 0. The highest BCUT2D eigenvalue weighted by Crippen LogP contribution is 1.66. The van der Waals surface area contributed by atoms with Crippen molar-refractivity contribution in [1.29, 1.82) is 0 Å². The Morgan fingerprint density at radius 2 is 2.38 bits per heavy atom. The first kappa shape index (κ1) is 7.14. The van der Waals surface area contributed by atoms with E-state index in [-0.39, 0.29) is 0 Å². The summed E-state index contributed by atoms with van der Waals surface area (Å²) in [5, 5.41) is 3.75. The van der Waals surface area contributed by atoms with Gasteiger partial charge in [-0.25, -0.2) is 0 Å². The molecular weight excluding hydrogens is 104 g/mol. The SMILES string of the molecule is CC(C)=NNCC=O. The molecule has 0 saturated heterocycles. The van der Waals surface area contributed by atoms with Gasteiger partial charge in [-0.1, -0.05) is 0 Å². The fourth-order valence-corrected chi connectivity index (χ4v) is 0.241. The molecule has 0 aliphatic rings. The van der Waals surface area contributed by atoms with E-state index in [0.29, 0.717) is 6.54 Å². The molecule has 0 saturated carbocycles. The van der Waals surface area contributed by atoms with Crippen molar-refractivity contribution in [2.45, 2.75) is 13.8 Å². The first-order chi connectivity index (χ1) is 3.77. The lowest BCUT2D eigenvalue weighted by atomic mass is 10.5. The third-order valence-electron chi connectivity index (χ3n) is 0.477. The van der Waals surface area contributed by atoms with Crippen LogP contribution in [0.25, 0.3) is 0 Å². The second-order valence-electron chi connectivity index (χ2n) is 1.59. The van der Waals surface area contributed by atoms with Crippen molar-refractivity contribution in [3.05, 3.63) is 0 Å².